The number of halogens is 3. The van der Waals surface area contributed by atoms with Crippen molar-refractivity contribution < 1.29 is 72.1 Å². The lowest BCUT2D eigenvalue weighted by atomic mass is 10.0. The first-order chi connectivity index (χ1) is 65.9. The number of amides is 1. The Kier molecular flexibility index (Phi) is 33.5. The van der Waals surface area contributed by atoms with E-state index in [0.717, 1.165) is 158 Å². The number of ether oxygens (including phenoxy) is 3. The summed E-state index contributed by atoms with van der Waals surface area (Å²) in [5.41, 5.74) is 12.0. The number of aromatic nitrogens is 11. The van der Waals surface area contributed by atoms with Gasteiger partial charge in [0.2, 0.25) is 0 Å². The van der Waals surface area contributed by atoms with Gasteiger partial charge < -0.3 is 63.3 Å². The van der Waals surface area contributed by atoms with Crippen molar-refractivity contribution in [2.75, 3.05) is 31.3 Å². The Hall–Kier alpha value is -14.2. The van der Waals surface area contributed by atoms with Crippen molar-refractivity contribution in [2.45, 2.75) is 139 Å². The number of carboxylic acids is 3. The third-order valence-electron chi connectivity index (χ3n) is 23.1. The van der Waals surface area contributed by atoms with Crippen molar-refractivity contribution in [3.05, 3.63) is 366 Å². The molecule has 0 spiro atoms. The first-order valence-electron chi connectivity index (χ1n) is 44.8. The molecule has 11 aromatic carbocycles. The molecule has 2 saturated heterocycles. The summed E-state index contributed by atoms with van der Waals surface area (Å²) in [7, 11) is 0. The molecule has 0 saturated carbocycles. The van der Waals surface area contributed by atoms with Gasteiger partial charge in [-0.25, -0.2) is 18.2 Å². The van der Waals surface area contributed by atoms with Crippen molar-refractivity contribution in [2.24, 2.45) is 0 Å². The largest absolute Gasteiger partial charge is 0.485 e. The van der Waals surface area contributed by atoms with Crippen LogP contribution in [0, 0.1) is 17.5 Å². The molecule has 0 bridgehead atoms. The average Bonchev–Trinajstić information content (AvgIpc) is 1.68. The molecule has 2 fully saturated rings. The lowest BCUT2D eigenvalue weighted by molar-refractivity contribution is -0.138. The second-order valence-corrected chi connectivity index (χ2v) is 34.3. The third-order valence-corrected chi connectivity index (χ3v) is 25.2. The number of hydrogen-bond acceptors (Lipinski definition) is 16. The van der Waals surface area contributed by atoms with Gasteiger partial charge in [-0.2, -0.15) is 0 Å². The molecule has 2 aliphatic heterocycles. The number of nitrogens with one attached hydrogen (secondary N) is 1. The van der Waals surface area contributed by atoms with E-state index < -0.39 is 24.0 Å². The first-order valence-corrected chi connectivity index (χ1v) is 46.8. The quantitative estimate of drug-likeness (QED) is 0.0204. The number of carbonyl (C=O) groups excluding carboxylic acids is 1. The molecule has 6 N–H and O–H groups in total. The van der Waals surface area contributed by atoms with Gasteiger partial charge in [0.25, 0.3) is 5.91 Å². The number of carboxylic acid groups (broad SMARTS) is 3. The second kappa shape index (κ2) is 47.4. The number of thioether (sulfide) groups is 2. The fourth-order valence-corrected chi connectivity index (χ4v) is 18.2. The van der Waals surface area contributed by atoms with Crippen molar-refractivity contribution in [1.29, 1.82) is 0 Å². The maximum absolute atomic E-state index is 14.7. The number of benzene rings is 11. The minimum Gasteiger partial charge on any atom is -0.485 e. The van der Waals surface area contributed by atoms with E-state index in [1.807, 2.05) is 222 Å². The zero-order valence-corrected chi connectivity index (χ0v) is 75.8. The van der Waals surface area contributed by atoms with Crippen LogP contribution in [0.5, 0.6) is 5.75 Å². The van der Waals surface area contributed by atoms with E-state index in [9.17, 15) is 42.6 Å². The molecule has 2 aliphatic rings. The lowest BCUT2D eigenvalue weighted by Gasteiger charge is -2.17. The second-order valence-electron chi connectivity index (χ2n) is 32.4. The van der Waals surface area contributed by atoms with Crippen LogP contribution in [0.4, 0.5) is 13.2 Å². The van der Waals surface area contributed by atoms with Crippen molar-refractivity contribution in [3.63, 3.8) is 0 Å². The number of carbonyl (C=O) groups is 4. The van der Waals surface area contributed by atoms with Gasteiger partial charge in [-0.15, -0.1) is 20.4 Å². The summed E-state index contributed by atoms with van der Waals surface area (Å²) in [6.45, 7) is 4.89. The fraction of sp³-hybridized carbons (Fsp3) is 0.236. The highest BCUT2D eigenvalue weighted by Crippen LogP contribution is 2.33. The topological polar surface area (TPSA) is 303 Å². The van der Waals surface area contributed by atoms with E-state index in [4.69, 9.17) is 29.5 Å². The highest BCUT2D eigenvalue weighted by atomic mass is 32.2. The van der Waals surface area contributed by atoms with Crippen LogP contribution in [0.25, 0.3) is 71.7 Å². The van der Waals surface area contributed by atoms with Crippen LogP contribution in [0.1, 0.15) is 88.9 Å². The Morgan fingerprint density at radius 3 is 1.72 bits per heavy atom. The standard InChI is InChI=1S/C26H25FN4O2S.C22H19N3O3S.C21H20FNO2.C19H19N3O2.C18H20FNO3/c27-22-12-3-4-13-23(22)31-24(29-30-26(31)34-17-19-9-6-16-33-19)14-15-28-25(32)21-11-5-8-18-7-1-2-10-20(18)21;26-21(27)15-29-22-24-23-20(25(22)13-16-7-2-1-3-8-16)14-28-19-12-6-10-17-9-4-5-11-18(17)19;22-18-8-6-17(7-9-18)20-12-10-19(11-13-21(24)25)23(20)15-14-16-4-2-1-3-5-16;23-13-19-20-16-6-2-4-8-18(16)22(19)12-15(24)11-21-10-9-14-5-1-3-7-17(14)21;19-14-5-3-13(4-6-14)17-9-7-15(8-10-18(21)22)20(17)12-16-2-1-11-23-16/h1-5,7-8,10-13,19H,6,9,14-17H2,(H,28,32);1-12H,13-15H2,(H,26,27);1-10,12H,11,13-15H2,(H,24,25);1-10,15,23-24H,11-13H2;3-7,9,16H,1-2,8,10-12H2,(H,21,22)/t19-;;;15-;16-/m0..10/s1. The molecule has 8 heterocycles. The van der Waals surface area contributed by atoms with E-state index in [-0.39, 0.29) is 67.4 Å². The number of aliphatic hydroxyl groups excluding tert-OH is 2. The van der Waals surface area contributed by atoms with Crippen LogP contribution < -0.4 is 10.1 Å². The predicted molar refractivity (Wildman–Crippen MR) is 517 cm³/mol. The van der Waals surface area contributed by atoms with Crippen LogP contribution in [-0.4, -0.2) is 152 Å². The number of rotatable bonds is 34. The molecule has 19 rings (SSSR count). The Labute approximate surface area is 786 Å². The van der Waals surface area contributed by atoms with E-state index in [2.05, 4.69) is 62.6 Å². The molecule has 0 unspecified atom stereocenters. The summed E-state index contributed by atoms with van der Waals surface area (Å²) < 4.78 is 70.4. The molecule has 1 amide bonds. The summed E-state index contributed by atoms with van der Waals surface area (Å²) in [6, 6.07) is 92.7. The lowest BCUT2D eigenvalue weighted by Crippen LogP contribution is -2.26. The SMILES string of the molecule is O=C(NCCc1nnc(SC[C@@H]2CCCO2)n1-c1ccccc1F)c1cccc2ccccc12.O=C(O)CCc1ccc(-c2ccc(F)cc2)n1CCc1ccccc1.O=C(O)CCc1ccc(-c2ccc(F)cc2)n1C[C@@H]1CCCO1.O=C(O)CSc1nnc(COc2cccc3ccccc23)n1Cc1ccccc1.OCc1nc2ccccc2n1C[C@H](O)Cn1ccc2ccccc21. The van der Waals surface area contributed by atoms with E-state index in [1.165, 1.54) is 47.7 Å². The highest BCUT2D eigenvalue weighted by Gasteiger charge is 2.26. The molecule has 135 heavy (non-hydrogen) atoms. The molecule has 0 radical (unpaired) electrons. The third kappa shape index (κ3) is 25.8. The maximum atomic E-state index is 14.7. The van der Waals surface area contributed by atoms with Crippen LogP contribution in [0.15, 0.2) is 314 Å². The molecule has 692 valence electrons. The Balaban J connectivity index is 0.000000129. The van der Waals surface area contributed by atoms with Gasteiger partial charge in [0, 0.05) is 90.5 Å². The van der Waals surface area contributed by atoms with Crippen LogP contribution in [0.2, 0.25) is 0 Å². The molecule has 6 aromatic heterocycles. The maximum Gasteiger partial charge on any atom is 0.313 e. The highest BCUT2D eigenvalue weighted by molar-refractivity contribution is 7.99. The van der Waals surface area contributed by atoms with Gasteiger partial charge in [0.1, 0.15) is 48.1 Å². The van der Waals surface area contributed by atoms with Crippen molar-refractivity contribution in [1.82, 2.24) is 58.1 Å². The van der Waals surface area contributed by atoms with Gasteiger partial charge in [-0.3, -0.25) is 28.3 Å². The monoisotopic (exact) mass is 1860 g/mol. The van der Waals surface area contributed by atoms with E-state index in [1.54, 1.807) is 47.0 Å². The zero-order chi connectivity index (χ0) is 93.8. The summed E-state index contributed by atoms with van der Waals surface area (Å²) >= 11 is 2.67. The van der Waals surface area contributed by atoms with E-state index in [0.29, 0.717) is 91.0 Å². The van der Waals surface area contributed by atoms with Crippen molar-refractivity contribution >= 4 is 90.8 Å². The molecule has 29 heteroatoms. The van der Waals surface area contributed by atoms with Crippen LogP contribution >= 0.6 is 23.5 Å². The van der Waals surface area contributed by atoms with Gasteiger partial charge in [0.15, 0.2) is 16.1 Å². The first kappa shape index (κ1) is 95.4. The number of nitrogens with zero attached hydrogens (tertiary/aromatic N) is 11. The number of imidazole rings is 1. The summed E-state index contributed by atoms with van der Waals surface area (Å²) in [4.78, 5) is 50.1. The smallest absolute Gasteiger partial charge is 0.313 e. The normalized spacial score (nSPS) is 13.5. The minimum atomic E-state index is -0.891. The molecule has 0 aliphatic carbocycles. The molecule has 24 nitrogen and oxygen atoms in total. The zero-order valence-electron chi connectivity index (χ0n) is 74.1. The van der Waals surface area contributed by atoms with Gasteiger partial charge in [-0.05, 0) is 210 Å². The van der Waals surface area contributed by atoms with Crippen molar-refractivity contribution in [3.8, 4) is 34.0 Å². The fourth-order valence-electron chi connectivity index (χ4n) is 16.5. The predicted octanol–water partition coefficient (Wildman–Crippen LogP) is 19.6. The molecule has 17 aromatic rings. The summed E-state index contributed by atoms with van der Waals surface area (Å²) in [5, 5.41) is 73.6. The number of aliphatic carboxylic acids is 3. The molecular weight excluding hydrogens is 1750 g/mol. The van der Waals surface area contributed by atoms with Crippen LogP contribution in [-0.2, 0) is 95.5 Å². The number of aryl methyl sites for hydroxylation is 3. The van der Waals surface area contributed by atoms with Gasteiger partial charge in [0.05, 0.1) is 73.3 Å². The number of hydrogen-bond donors (Lipinski definition) is 6. The number of fused-ring (bicyclic) bond motifs is 4. The van der Waals surface area contributed by atoms with Gasteiger partial charge >= 0.3 is 17.9 Å². The summed E-state index contributed by atoms with van der Waals surface area (Å²) in [6.07, 6.45) is 8.32. The Bertz CT molecular complexity index is 6790. The van der Waals surface area contributed by atoms with Gasteiger partial charge in [-0.1, -0.05) is 199 Å². The Morgan fingerprint density at radius 2 is 1.06 bits per heavy atom. The summed E-state index contributed by atoms with van der Waals surface area (Å²) in [5.74, 6) is -0.271. The average molecular weight is 1860 g/mol. The number of para-hydroxylation sites is 4. The van der Waals surface area contributed by atoms with Crippen LogP contribution in [0.3, 0.4) is 0 Å². The molecule has 3 atom stereocenters. The number of aliphatic hydroxyl groups is 2. The minimum absolute atomic E-state index is 0.0723. The van der Waals surface area contributed by atoms with E-state index >= 15 is 0 Å². The molecular formula is C106H103F3N12O12S2. The Morgan fingerprint density at radius 1 is 0.489 bits per heavy atom.